The molecule has 0 fully saturated rings. The van der Waals surface area contributed by atoms with Crippen molar-refractivity contribution in [3.63, 3.8) is 0 Å². The minimum Gasteiger partial charge on any atom is -0.397 e. The maximum atomic E-state index is 12.0. The molecule has 0 saturated carbocycles. The van der Waals surface area contributed by atoms with Crippen molar-refractivity contribution in [3.05, 3.63) is 34.0 Å². The second kappa shape index (κ2) is 4.58. The van der Waals surface area contributed by atoms with Crippen LogP contribution in [0, 0.1) is 6.92 Å². The topological polar surface area (TPSA) is 75.0 Å². The maximum Gasteiger partial charge on any atom is 0.270 e. The molecule has 17 heavy (non-hydrogen) atoms. The predicted molar refractivity (Wildman–Crippen MR) is 67.9 cm³/mol. The second-order valence-electron chi connectivity index (χ2n) is 3.87. The van der Waals surface area contributed by atoms with Crippen LogP contribution in [0.1, 0.15) is 21.1 Å². The summed E-state index contributed by atoms with van der Waals surface area (Å²) in [6, 6.07) is 1.64. The van der Waals surface area contributed by atoms with Gasteiger partial charge in [-0.3, -0.25) is 4.79 Å². The van der Waals surface area contributed by atoms with Gasteiger partial charge in [0.2, 0.25) is 0 Å². The molecule has 2 heterocycles. The van der Waals surface area contributed by atoms with Gasteiger partial charge in [-0.05, 0) is 13.0 Å². The molecule has 0 aromatic carbocycles. The highest BCUT2D eigenvalue weighted by Crippen LogP contribution is 2.16. The van der Waals surface area contributed by atoms with Crippen LogP contribution in [0.5, 0.6) is 0 Å². The van der Waals surface area contributed by atoms with Crippen LogP contribution in [-0.4, -0.2) is 27.8 Å². The molecule has 0 aliphatic heterocycles. The van der Waals surface area contributed by atoms with Crippen molar-refractivity contribution in [2.24, 2.45) is 0 Å². The van der Waals surface area contributed by atoms with Gasteiger partial charge < -0.3 is 15.6 Å². The highest BCUT2D eigenvalue weighted by molar-refractivity contribution is 7.09. The number of anilines is 1. The van der Waals surface area contributed by atoms with Crippen molar-refractivity contribution in [2.45, 2.75) is 13.5 Å². The number of nitrogens with zero attached hydrogens (tertiary/aromatic N) is 2. The number of aromatic amines is 1. The molecular weight excluding hydrogens is 236 g/mol. The van der Waals surface area contributed by atoms with Crippen molar-refractivity contribution in [2.75, 3.05) is 12.8 Å². The van der Waals surface area contributed by atoms with Crippen LogP contribution in [0.3, 0.4) is 0 Å². The van der Waals surface area contributed by atoms with Gasteiger partial charge in [-0.15, -0.1) is 11.3 Å². The number of nitrogens with one attached hydrogen (secondary N) is 1. The van der Waals surface area contributed by atoms with Crippen LogP contribution < -0.4 is 5.73 Å². The molecule has 0 atom stereocenters. The first-order chi connectivity index (χ1) is 8.08. The zero-order valence-corrected chi connectivity index (χ0v) is 10.5. The van der Waals surface area contributed by atoms with E-state index in [1.807, 2.05) is 6.92 Å². The Balaban J connectivity index is 2.08. The normalized spacial score (nSPS) is 10.5. The summed E-state index contributed by atoms with van der Waals surface area (Å²) in [5.41, 5.74) is 9.40. The number of carbonyl (C=O) groups excluding carboxylic acids is 1. The van der Waals surface area contributed by atoms with Gasteiger partial charge in [-0.25, -0.2) is 4.98 Å². The Morgan fingerprint density at radius 3 is 2.94 bits per heavy atom. The lowest BCUT2D eigenvalue weighted by Gasteiger charge is -2.15. The molecule has 0 saturated heterocycles. The predicted octanol–water partition coefficient (Wildman–Crippen LogP) is 1.63. The molecule has 0 aliphatic carbocycles. The summed E-state index contributed by atoms with van der Waals surface area (Å²) in [5.74, 6) is -0.0745. The number of nitrogen functional groups attached to an aromatic ring is 1. The van der Waals surface area contributed by atoms with Crippen LogP contribution in [-0.2, 0) is 6.54 Å². The van der Waals surface area contributed by atoms with E-state index in [9.17, 15) is 4.79 Å². The number of aromatic nitrogens is 2. The van der Waals surface area contributed by atoms with Gasteiger partial charge in [0.05, 0.1) is 17.7 Å². The van der Waals surface area contributed by atoms with E-state index in [1.54, 1.807) is 41.1 Å². The number of hydrogen-bond acceptors (Lipinski definition) is 4. The van der Waals surface area contributed by atoms with Gasteiger partial charge in [0.1, 0.15) is 5.69 Å². The third-order valence-electron chi connectivity index (χ3n) is 2.51. The largest absolute Gasteiger partial charge is 0.397 e. The summed E-state index contributed by atoms with van der Waals surface area (Å²) < 4.78 is 0. The Hall–Kier alpha value is -1.82. The summed E-state index contributed by atoms with van der Waals surface area (Å²) >= 11 is 1.56. The minimum absolute atomic E-state index is 0.0745. The SMILES string of the molecule is Cc1ncsc1CN(C)C(=O)c1cc(N)c[nH]1. The average molecular weight is 250 g/mol. The lowest BCUT2D eigenvalue weighted by Crippen LogP contribution is -2.26. The van der Waals surface area contributed by atoms with Crippen LogP contribution in [0.25, 0.3) is 0 Å². The fourth-order valence-corrected chi connectivity index (χ4v) is 2.33. The van der Waals surface area contributed by atoms with E-state index in [-0.39, 0.29) is 5.91 Å². The number of H-pyrrole nitrogens is 1. The van der Waals surface area contributed by atoms with E-state index < -0.39 is 0 Å². The highest BCUT2D eigenvalue weighted by atomic mass is 32.1. The number of hydrogen-bond donors (Lipinski definition) is 2. The lowest BCUT2D eigenvalue weighted by molar-refractivity contribution is 0.0781. The Labute approximate surface area is 103 Å². The van der Waals surface area contributed by atoms with E-state index in [4.69, 9.17) is 5.73 Å². The lowest BCUT2D eigenvalue weighted by atomic mass is 10.3. The van der Waals surface area contributed by atoms with Crippen molar-refractivity contribution >= 4 is 22.9 Å². The summed E-state index contributed by atoms with van der Waals surface area (Å²) in [5, 5.41) is 0. The average Bonchev–Trinajstić information content (AvgIpc) is 2.88. The number of amides is 1. The molecule has 3 N–H and O–H groups in total. The molecule has 5 nitrogen and oxygen atoms in total. The maximum absolute atomic E-state index is 12.0. The zero-order chi connectivity index (χ0) is 12.4. The highest BCUT2D eigenvalue weighted by Gasteiger charge is 2.15. The summed E-state index contributed by atoms with van der Waals surface area (Å²) in [6.07, 6.45) is 1.61. The van der Waals surface area contributed by atoms with Gasteiger partial charge in [0, 0.05) is 23.8 Å². The Kier molecular flexibility index (Phi) is 3.14. The van der Waals surface area contributed by atoms with Gasteiger partial charge in [-0.1, -0.05) is 0 Å². The number of thiazole rings is 1. The van der Waals surface area contributed by atoms with Gasteiger partial charge in [0.15, 0.2) is 0 Å². The molecular formula is C11H14N4OS. The first-order valence-electron chi connectivity index (χ1n) is 5.16. The smallest absolute Gasteiger partial charge is 0.270 e. The van der Waals surface area contributed by atoms with Crippen molar-refractivity contribution in [3.8, 4) is 0 Å². The Bertz CT molecular complexity index is 531. The quantitative estimate of drug-likeness (QED) is 0.869. The number of aryl methyl sites for hydroxylation is 1. The number of rotatable bonds is 3. The molecule has 2 aromatic rings. The van der Waals surface area contributed by atoms with Gasteiger partial charge in [-0.2, -0.15) is 0 Å². The van der Waals surface area contributed by atoms with E-state index in [2.05, 4.69) is 9.97 Å². The standard InChI is InChI=1S/C11H14N4OS/c1-7-10(17-6-14-7)5-15(2)11(16)9-3-8(12)4-13-9/h3-4,6,13H,5,12H2,1-2H3. The van der Waals surface area contributed by atoms with Crippen molar-refractivity contribution in [1.29, 1.82) is 0 Å². The Morgan fingerprint density at radius 2 is 2.41 bits per heavy atom. The summed E-state index contributed by atoms with van der Waals surface area (Å²) in [7, 11) is 1.76. The Morgan fingerprint density at radius 1 is 1.65 bits per heavy atom. The molecule has 2 rings (SSSR count). The molecule has 0 spiro atoms. The monoisotopic (exact) mass is 250 g/mol. The molecule has 6 heteroatoms. The van der Waals surface area contributed by atoms with E-state index in [0.29, 0.717) is 17.9 Å². The minimum atomic E-state index is -0.0745. The van der Waals surface area contributed by atoms with Gasteiger partial charge >= 0.3 is 0 Å². The third-order valence-corrected chi connectivity index (χ3v) is 3.43. The first-order valence-corrected chi connectivity index (χ1v) is 6.04. The van der Waals surface area contributed by atoms with Gasteiger partial charge in [0.25, 0.3) is 5.91 Å². The van der Waals surface area contributed by atoms with Crippen LogP contribution >= 0.6 is 11.3 Å². The molecule has 0 radical (unpaired) electrons. The molecule has 0 unspecified atom stereocenters. The summed E-state index contributed by atoms with van der Waals surface area (Å²) in [4.78, 5) is 21.8. The molecule has 1 amide bonds. The van der Waals surface area contributed by atoms with Crippen LogP contribution in [0.4, 0.5) is 5.69 Å². The molecule has 0 bridgehead atoms. The zero-order valence-electron chi connectivity index (χ0n) is 9.73. The number of carbonyl (C=O) groups is 1. The van der Waals surface area contributed by atoms with Crippen molar-refractivity contribution < 1.29 is 4.79 Å². The van der Waals surface area contributed by atoms with E-state index >= 15 is 0 Å². The molecule has 0 aliphatic rings. The number of nitrogens with two attached hydrogens (primary N) is 1. The van der Waals surface area contributed by atoms with E-state index in [0.717, 1.165) is 10.6 Å². The molecule has 90 valence electrons. The van der Waals surface area contributed by atoms with Crippen molar-refractivity contribution in [1.82, 2.24) is 14.9 Å². The first kappa shape index (κ1) is 11.7. The summed E-state index contributed by atoms with van der Waals surface area (Å²) in [6.45, 7) is 2.50. The third kappa shape index (κ3) is 2.47. The van der Waals surface area contributed by atoms with Crippen LogP contribution in [0.15, 0.2) is 17.8 Å². The van der Waals surface area contributed by atoms with E-state index in [1.165, 1.54) is 0 Å². The fourth-order valence-electron chi connectivity index (χ4n) is 1.51. The van der Waals surface area contributed by atoms with Crippen LogP contribution in [0.2, 0.25) is 0 Å². The molecule has 2 aromatic heterocycles. The second-order valence-corrected chi connectivity index (χ2v) is 4.81. The fraction of sp³-hybridized carbons (Fsp3) is 0.273.